The molecule has 0 radical (unpaired) electrons. The summed E-state index contributed by atoms with van der Waals surface area (Å²) in [5.41, 5.74) is -0.572. The van der Waals surface area contributed by atoms with Crippen LogP contribution in [0.25, 0.3) is 0 Å². The molecule has 18 heavy (non-hydrogen) atoms. The van der Waals surface area contributed by atoms with Crippen LogP contribution in [-0.2, 0) is 9.59 Å². The Labute approximate surface area is 108 Å². The second kappa shape index (κ2) is 5.36. The Morgan fingerprint density at radius 2 is 2.17 bits per heavy atom. The first-order valence-electron chi connectivity index (χ1n) is 6.83. The van der Waals surface area contributed by atoms with Gasteiger partial charge in [-0.1, -0.05) is 0 Å². The van der Waals surface area contributed by atoms with Gasteiger partial charge in [0.25, 0.3) is 0 Å². The molecule has 2 saturated heterocycles. The Kier molecular flexibility index (Phi) is 4.02. The van der Waals surface area contributed by atoms with Crippen LogP contribution >= 0.6 is 0 Å². The summed E-state index contributed by atoms with van der Waals surface area (Å²) in [6.07, 6.45) is 4.67. The van der Waals surface area contributed by atoms with E-state index in [1.165, 1.54) is 12.8 Å². The largest absolute Gasteiger partial charge is 0.314 e. The fraction of sp³-hybridized carbons (Fsp3) is 0.846. The molecule has 5 heteroatoms. The van der Waals surface area contributed by atoms with Gasteiger partial charge in [-0.25, -0.2) is 0 Å². The zero-order valence-corrected chi connectivity index (χ0v) is 11.3. The third-order valence-corrected chi connectivity index (χ3v) is 4.08. The van der Waals surface area contributed by atoms with E-state index < -0.39 is 5.54 Å². The lowest BCUT2D eigenvalue weighted by atomic mass is 9.98. The van der Waals surface area contributed by atoms with Crippen molar-refractivity contribution in [3.8, 4) is 0 Å². The molecule has 2 N–H and O–H groups in total. The Hall–Kier alpha value is -0.940. The normalized spacial score (nSPS) is 28.4. The van der Waals surface area contributed by atoms with Crippen molar-refractivity contribution < 1.29 is 9.59 Å². The molecule has 0 aromatic rings. The van der Waals surface area contributed by atoms with Gasteiger partial charge in [0.1, 0.15) is 0 Å². The molecule has 1 atom stereocenters. The summed E-state index contributed by atoms with van der Waals surface area (Å²) < 4.78 is 0. The number of rotatable bonds is 4. The SMILES string of the molecule is CC1(C)C(=O)NC(=O)CN1CCCC1CCCN1. The van der Waals surface area contributed by atoms with Gasteiger partial charge in [-0.05, 0) is 52.6 Å². The first-order chi connectivity index (χ1) is 8.50. The van der Waals surface area contributed by atoms with Gasteiger partial charge in [0.05, 0.1) is 12.1 Å². The van der Waals surface area contributed by atoms with Crippen LogP contribution < -0.4 is 10.6 Å². The Bertz CT molecular complexity index is 335. The minimum absolute atomic E-state index is 0.182. The average molecular weight is 253 g/mol. The van der Waals surface area contributed by atoms with Gasteiger partial charge in [-0.3, -0.25) is 19.8 Å². The molecule has 2 fully saturated rings. The van der Waals surface area contributed by atoms with Gasteiger partial charge >= 0.3 is 0 Å². The van der Waals surface area contributed by atoms with Gasteiger partial charge in [0.15, 0.2) is 0 Å². The number of nitrogens with zero attached hydrogens (tertiary/aromatic N) is 1. The lowest BCUT2D eigenvalue weighted by Gasteiger charge is -2.40. The number of nitrogens with one attached hydrogen (secondary N) is 2. The maximum Gasteiger partial charge on any atom is 0.246 e. The summed E-state index contributed by atoms with van der Waals surface area (Å²) in [6.45, 7) is 6.02. The van der Waals surface area contributed by atoms with Crippen LogP contribution in [0.3, 0.4) is 0 Å². The van der Waals surface area contributed by atoms with Crippen molar-refractivity contribution in [3.63, 3.8) is 0 Å². The number of hydrogen-bond donors (Lipinski definition) is 2. The van der Waals surface area contributed by atoms with Crippen molar-refractivity contribution in [1.82, 2.24) is 15.5 Å². The standard InChI is InChI=1S/C13H23N3O2/c1-13(2)12(18)15-11(17)9-16(13)8-4-6-10-5-3-7-14-10/h10,14H,3-9H2,1-2H3,(H,15,17,18). The van der Waals surface area contributed by atoms with Gasteiger partial charge in [0.2, 0.25) is 11.8 Å². The van der Waals surface area contributed by atoms with Crippen LogP contribution in [0.15, 0.2) is 0 Å². The molecule has 2 rings (SSSR count). The average Bonchev–Trinajstić information content (AvgIpc) is 2.78. The Balaban J connectivity index is 1.82. The summed E-state index contributed by atoms with van der Waals surface area (Å²) >= 11 is 0. The van der Waals surface area contributed by atoms with Gasteiger partial charge in [-0.2, -0.15) is 0 Å². The highest BCUT2D eigenvalue weighted by Crippen LogP contribution is 2.19. The van der Waals surface area contributed by atoms with E-state index in [1.807, 2.05) is 18.7 Å². The van der Waals surface area contributed by atoms with Crippen LogP contribution in [0.2, 0.25) is 0 Å². The summed E-state index contributed by atoms with van der Waals surface area (Å²) in [6, 6.07) is 0.627. The molecule has 2 aliphatic rings. The monoisotopic (exact) mass is 253 g/mol. The zero-order valence-electron chi connectivity index (χ0n) is 11.3. The fourth-order valence-electron chi connectivity index (χ4n) is 2.72. The number of carbonyl (C=O) groups excluding carboxylic acids is 2. The molecule has 1 unspecified atom stereocenters. The van der Waals surface area contributed by atoms with Crippen molar-refractivity contribution in [2.75, 3.05) is 19.6 Å². The van der Waals surface area contributed by atoms with E-state index in [2.05, 4.69) is 10.6 Å². The molecular weight excluding hydrogens is 230 g/mol. The number of piperazine rings is 1. The number of imide groups is 1. The van der Waals surface area contributed by atoms with E-state index in [1.54, 1.807) is 0 Å². The summed E-state index contributed by atoms with van der Waals surface area (Å²) in [5.74, 6) is -0.365. The minimum Gasteiger partial charge on any atom is -0.314 e. The molecule has 2 heterocycles. The van der Waals surface area contributed by atoms with Gasteiger partial charge in [0, 0.05) is 6.04 Å². The molecule has 0 spiro atoms. The summed E-state index contributed by atoms with van der Waals surface area (Å²) in [7, 11) is 0. The number of amides is 2. The van der Waals surface area contributed by atoms with Crippen LogP contribution in [-0.4, -0.2) is 47.9 Å². The molecule has 0 aromatic heterocycles. The van der Waals surface area contributed by atoms with Crippen LogP contribution in [0, 0.1) is 0 Å². The van der Waals surface area contributed by atoms with Crippen molar-refractivity contribution in [2.45, 2.75) is 51.1 Å². The first-order valence-corrected chi connectivity index (χ1v) is 6.83. The summed E-state index contributed by atoms with van der Waals surface area (Å²) in [5, 5.41) is 5.87. The topological polar surface area (TPSA) is 61.4 Å². The Morgan fingerprint density at radius 3 is 2.83 bits per heavy atom. The highest BCUT2D eigenvalue weighted by Gasteiger charge is 2.40. The fourth-order valence-corrected chi connectivity index (χ4v) is 2.72. The van der Waals surface area contributed by atoms with Gasteiger partial charge in [-0.15, -0.1) is 0 Å². The van der Waals surface area contributed by atoms with E-state index in [4.69, 9.17) is 0 Å². The van der Waals surface area contributed by atoms with Crippen molar-refractivity contribution in [2.24, 2.45) is 0 Å². The molecule has 2 aliphatic heterocycles. The van der Waals surface area contributed by atoms with Crippen molar-refractivity contribution >= 4 is 11.8 Å². The van der Waals surface area contributed by atoms with E-state index in [9.17, 15) is 9.59 Å². The smallest absolute Gasteiger partial charge is 0.246 e. The van der Waals surface area contributed by atoms with Crippen LogP contribution in [0.4, 0.5) is 0 Å². The van der Waals surface area contributed by atoms with E-state index in [0.717, 1.165) is 25.9 Å². The molecule has 0 saturated carbocycles. The lowest BCUT2D eigenvalue weighted by molar-refractivity contribution is -0.145. The molecule has 102 valence electrons. The highest BCUT2D eigenvalue weighted by molar-refractivity contribution is 6.02. The minimum atomic E-state index is -0.572. The molecule has 5 nitrogen and oxygen atoms in total. The maximum absolute atomic E-state index is 11.8. The molecule has 0 aromatic carbocycles. The summed E-state index contributed by atoms with van der Waals surface area (Å²) in [4.78, 5) is 25.2. The van der Waals surface area contributed by atoms with Crippen molar-refractivity contribution in [3.05, 3.63) is 0 Å². The molecular formula is C13H23N3O2. The molecule has 0 aliphatic carbocycles. The molecule has 2 amide bonds. The highest BCUT2D eigenvalue weighted by atomic mass is 16.2. The van der Waals surface area contributed by atoms with Crippen LogP contribution in [0.5, 0.6) is 0 Å². The Morgan fingerprint density at radius 1 is 1.39 bits per heavy atom. The van der Waals surface area contributed by atoms with E-state index in [0.29, 0.717) is 12.6 Å². The zero-order chi connectivity index (χ0) is 13.2. The third-order valence-electron chi connectivity index (χ3n) is 4.08. The number of hydrogen-bond acceptors (Lipinski definition) is 4. The lowest BCUT2D eigenvalue weighted by Crippen LogP contribution is -2.64. The second-order valence-corrected chi connectivity index (χ2v) is 5.79. The first kappa shape index (κ1) is 13.5. The third kappa shape index (κ3) is 2.90. The van der Waals surface area contributed by atoms with E-state index >= 15 is 0 Å². The van der Waals surface area contributed by atoms with Gasteiger partial charge < -0.3 is 5.32 Å². The quantitative estimate of drug-likeness (QED) is 0.705. The predicted molar refractivity (Wildman–Crippen MR) is 69.1 cm³/mol. The van der Waals surface area contributed by atoms with E-state index in [-0.39, 0.29) is 11.8 Å². The molecule has 0 bridgehead atoms. The maximum atomic E-state index is 11.8. The predicted octanol–water partition coefficient (Wildman–Crippen LogP) is 0.256. The second-order valence-electron chi connectivity index (χ2n) is 5.79. The number of carbonyl (C=O) groups is 2. The van der Waals surface area contributed by atoms with Crippen LogP contribution in [0.1, 0.15) is 39.5 Å². The van der Waals surface area contributed by atoms with Crippen molar-refractivity contribution in [1.29, 1.82) is 0 Å².